The third kappa shape index (κ3) is 3.70. The first-order chi connectivity index (χ1) is 9.59. The van der Waals surface area contributed by atoms with Gasteiger partial charge in [-0.2, -0.15) is 0 Å². The van der Waals surface area contributed by atoms with Crippen molar-refractivity contribution in [1.29, 1.82) is 0 Å². The molecule has 0 saturated carbocycles. The zero-order chi connectivity index (χ0) is 14.5. The molecule has 2 amide bonds. The molecule has 2 aliphatic heterocycles. The van der Waals surface area contributed by atoms with Gasteiger partial charge in [-0.3, -0.25) is 9.59 Å². The van der Waals surface area contributed by atoms with Gasteiger partial charge in [-0.15, -0.1) is 0 Å². The van der Waals surface area contributed by atoms with Gasteiger partial charge in [-0.1, -0.05) is 0 Å². The lowest BCUT2D eigenvalue weighted by molar-refractivity contribution is -0.147. The molecule has 1 unspecified atom stereocenters. The zero-order valence-corrected chi connectivity index (χ0v) is 12.4. The van der Waals surface area contributed by atoms with Gasteiger partial charge < -0.3 is 19.9 Å². The van der Waals surface area contributed by atoms with Crippen LogP contribution in [0.4, 0.5) is 0 Å². The van der Waals surface area contributed by atoms with Crippen molar-refractivity contribution in [3.63, 3.8) is 0 Å². The second-order valence-electron chi connectivity index (χ2n) is 5.68. The van der Waals surface area contributed by atoms with Crippen LogP contribution in [0.15, 0.2) is 0 Å². The SMILES string of the molecule is CC(C)OCC(=O)N1CCCC1C(=O)N1CCNCC1. The fraction of sp³-hybridized carbons (Fsp3) is 0.857. The number of carbonyl (C=O) groups excluding carboxylic acids is 2. The van der Waals surface area contributed by atoms with E-state index in [0.29, 0.717) is 6.54 Å². The Hall–Kier alpha value is -1.14. The monoisotopic (exact) mass is 283 g/mol. The van der Waals surface area contributed by atoms with E-state index in [2.05, 4.69) is 5.32 Å². The fourth-order valence-electron chi connectivity index (χ4n) is 2.74. The Morgan fingerprint density at radius 1 is 1.25 bits per heavy atom. The number of hydrogen-bond donors (Lipinski definition) is 1. The molecule has 0 radical (unpaired) electrons. The van der Waals surface area contributed by atoms with E-state index < -0.39 is 0 Å². The smallest absolute Gasteiger partial charge is 0.249 e. The van der Waals surface area contributed by atoms with Gasteiger partial charge >= 0.3 is 0 Å². The molecule has 0 bridgehead atoms. The zero-order valence-electron chi connectivity index (χ0n) is 12.4. The van der Waals surface area contributed by atoms with E-state index in [9.17, 15) is 9.59 Å². The summed E-state index contributed by atoms with van der Waals surface area (Å²) >= 11 is 0. The van der Waals surface area contributed by atoms with Gasteiger partial charge in [-0.05, 0) is 26.7 Å². The van der Waals surface area contributed by atoms with Crippen LogP contribution in [0.5, 0.6) is 0 Å². The molecule has 2 fully saturated rings. The molecule has 0 spiro atoms. The second kappa shape index (κ2) is 7.04. The summed E-state index contributed by atoms with van der Waals surface area (Å²) in [6.45, 7) is 7.69. The molecule has 2 aliphatic rings. The Morgan fingerprint density at radius 3 is 2.60 bits per heavy atom. The van der Waals surface area contributed by atoms with E-state index in [1.807, 2.05) is 18.7 Å². The minimum absolute atomic E-state index is 0.0314. The summed E-state index contributed by atoms with van der Waals surface area (Å²) in [5, 5.41) is 3.23. The number of nitrogens with one attached hydrogen (secondary N) is 1. The van der Waals surface area contributed by atoms with Crippen molar-refractivity contribution >= 4 is 11.8 Å². The predicted octanol–water partition coefficient (Wildman–Crippen LogP) is -0.166. The highest BCUT2D eigenvalue weighted by Gasteiger charge is 2.36. The molecule has 20 heavy (non-hydrogen) atoms. The van der Waals surface area contributed by atoms with Crippen molar-refractivity contribution in [3.05, 3.63) is 0 Å². The normalized spacial score (nSPS) is 23.4. The summed E-state index contributed by atoms with van der Waals surface area (Å²) in [6, 6.07) is -0.281. The number of hydrogen-bond acceptors (Lipinski definition) is 4. The first-order valence-corrected chi connectivity index (χ1v) is 7.50. The summed E-state index contributed by atoms with van der Waals surface area (Å²) < 4.78 is 5.36. The molecule has 0 aromatic rings. The number of piperazine rings is 1. The first kappa shape index (κ1) is 15.3. The summed E-state index contributed by atoms with van der Waals surface area (Å²) in [5.74, 6) is 0.0339. The molecule has 2 saturated heterocycles. The molecule has 2 rings (SSSR count). The maximum atomic E-state index is 12.5. The van der Waals surface area contributed by atoms with Crippen molar-refractivity contribution < 1.29 is 14.3 Å². The maximum absolute atomic E-state index is 12.5. The molecule has 6 nitrogen and oxygen atoms in total. The van der Waals surface area contributed by atoms with E-state index in [0.717, 1.165) is 39.0 Å². The molecular weight excluding hydrogens is 258 g/mol. The average molecular weight is 283 g/mol. The second-order valence-corrected chi connectivity index (χ2v) is 5.68. The number of rotatable bonds is 4. The highest BCUT2D eigenvalue weighted by Crippen LogP contribution is 2.20. The molecule has 0 aliphatic carbocycles. The van der Waals surface area contributed by atoms with Gasteiger partial charge in [0.25, 0.3) is 0 Å². The number of carbonyl (C=O) groups is 2. The van der Waals surface area contributed by atoms with Crippen LogP contribution in [0.3, 0.4) is 0 Å². The van der Waals surface area contributed by atoms with Crippen molar-refractivity contribution in [3.8, 4) is 0 Å². The number of ether oxygens (including phenoxy) is 1. The van der Waals surface area contributed by atoms with Crippen LogP contribution in [0.1, 0.15) is 26.7 Å². The molecule has 0 aromatic carbocycles. The standard InChI is InChI=1S/C14H25N3O3/c1-11(2)20-10-13(18)17-7-3-4-12(17)14(19)16-8-5-15-6-9-16/h11-12,15H,3-10H2,1-2H3. The third-order valence-corrected chi connectivity index (χ3v) is 3.83. The van der Waals surface area contributed by atoms with Crippen molar-refractivity contribution in [2.45, 2.75) is 38.8 Å². The lowest BCUT2D eigenvalue weighted by Crippen LogP contribution is -2.53. The molecule has 1 N–H and O–H groups in total. The summed E-state index contributed by atoms with van der Waals surface area (Å²) in [7, 11) is 0. The number of amides is 2. The highest BCUT2D eigenvalue weighted by molar-refractivity contribution is 5.88. The topological polar surface area (TPSA) is 61.9 Å². The minimum Gasteiger partial charge on any atom is -0.369 e. The fourth-order valence-corrected chi connectivity index (χ4v) is 2.74. The molecule has 114 valence electrons. The summed E-state index contributed by atoms with van der Waals surface area (Å²) in [6.07, 6.45) is 1.70. The highest BCUT2D eigenvalue weighted by atomic mass is 16.5. The van der Waals surface area contributed by atoms with E-state index >= 15 is 0 Å². The predicted molar refractivity (Wildman–Crippen MR) is 75.3 cm³/mol. The van der Waals surface area contributed by atoms with Gasteiger partial charge in [0.15, 0.2) is 0 Å². The van der Waals surface area contributed by atoms with Crippen LogP contribution >= 0.6 is 0 Å². The van der Waals surface area contributed by atoms with Gasteiger partial charge in [0.05, 0.1) is 6.10 Å². The number of likely N-dealkylation sites (tertiary alicyclic amines) is 1. The minimum atomic E-state index is -0.281. The van der Waals surface area contributed by atoms with Crippen molar-refractivity contribution in [1.82, 2.24) is 15.1 Å². The lowest BCUT2D eigenvalue weighted by Gasteiger charge is -2.33. The Labute approximate surface area is 120 Å². The molecule has 2 heterocycles. The lowest BCUT2D eigenvalue weighted by atomic mass is 10.1. The van der Waals surface area contributed by atoms with Crippen LogP contribution in [0, 0.1) is 0 Å². The van der Waals surface area contributed by atoms with Crippen LogP contribution in [0.2, 0.25) is 0 Å². The van der Waals surface area contributed by atoms with Crippen LogP contribution in [-0.4, -0.2) is 73.1 Å². The first-order valence-electron chi connectivity index (χ1n) is 7.50. The van der Waals surface area contributed by atoms with E-state index in [1.54, 1.807) is 4.90 Å². The van der Waals surface area contributed by atoms with E-state index in [4.69, 9.17) is 4.74 Å². The summed E-state index contributed by atoms with van der Waals surface area (Å²) in [5.41, 5.74) is 0. The van der Waals surface area contributed by atoms with Crippen LogP contribution < -0.4 is 5.32 Å². The third-order valence-electron chi connectivity index (χ3n) is 3.83. The van der Waals surface area contributed by atoms with Gasteiger partial charge in [0.2, 0.25) is 11.8 Å². The Kier molecular flexibility index (Phi) is 5.37. The van der Waals surface area contributed by atoms with Crippen molar-refractivity contribution in [2.24, 2.45) is 0 Å². The van der Waals surface area contributed by atoms with E-state index in [-0.39, 0.29) is 30.6 Å². The average Bonchev–Trinajstić information content (AvgIpc) is 2.94. The summed E-state index contributed by atoms with van der Waals surface area (Å²) in [4.78, 5) is 28.3. The van der Waals surface area contributed by atoms with Gasteiger partial charge in [0.1, 0.15) is 12.6 Å². The largest absolute Gasteiger partial charge is 0.369 e. The van der Waals surface area contributed by atoms with Crippen molar-refractivity contribution in [2.75, 3.05) is 39.3 Å². The molecule has 0 aromatic heterocycles. The Bertz CT molecular complexity index is 354. The molecule has 1 atom stereocenters. The number of nitrogens with zero attached hydrogens (tertiary/aromatic N) is 2. The quantitative estimate of drug-likeness (QED) is 0.778. The molecule has 6 heteroatoms. The van der Waals surface area contributed by atoms with Crippen LogP contribution in [0.25, 0.3) is 0 Å². The Balaban J connectivity index is 1.92. The van der Waals surface area contributed by atoms with Gasteiger partial charge in [0, 0.05) is 32.7 Å². The van der Waals surface area contributed by atoms with Crippen LogP contribution in [-0.2, 0) is 14.3 Å². The molecular formula is C14H25N3O3. The van der Waals surface area contributed by atoms with E-state index in [1.165, 1.54) is 0 Å². The Morgan fingerprint density at radius 2 is 1.95 bits per heavy atom. The maximum Gasteiger partial charge on any atom is 0.249 e. The van der Waals surface area contributed by atoms with Gasteiger partial charge in [-0.25, -0.2) is 0 Å².